The van der Waals surface area contributed by atoms with E-state index in [1.165, 1.54) is 11.8 Å². The number of nitrogens with zero attached hydrogens (tertiary/aromatic N) is 1. The monoisotopic (exact) mass is 271 g/mol. The van der Waals surface area contributed by atoms with Crippen molar-refractivity contribution in [2.45, 2.75) is 11.9 Å². The van der Waals surface area contributed by atoms with Gasteiger partial charge in [-0.1, -0.05) is 6.20 Å². The molecule has 0 unspecified atom stereocenters. The van der Waals surface area contributed by atoms with Gasteiger partial charge in [-0.2, -0.15) is 5.56 Å². The summed E-state index contributed by atoms with van der Waals surface area (Å²) in [5.41, 5.74) is 1.02. The van der Waals surface area contributed by atoms with Crippen LogP contribution in [0.15, 0.2) is 17.3 Å². The van der Waals surface area contributed by atoms with E-state index < -0.39 is 5.97 Å². The average molecular weight is 271 g/mol. The first kappa shape index (κ1) is 13.1. The standard InChI is InChI=1S/C8H8NO2S.Y/c1-6-2-3-7(9-4-6)12-5-8(10)11;/h2,4H,5H2,1H3,(H,10,11);/q-1;. The van der Waals surface area contributed by atoms with Gasteiger partial charge in [-0.25, -0.2) is 12.1 Å². The zero-order chi connectivity index (χ0) is 8.97. The van der Waals surface area contributed by atoms with Gasteiger partial charge in [0.25, 0.3) is 0 Å². The first-order valence-corrected chi connectivity index (χ1v) is 4.36. The molecule has 0 aromatic carbocycles. The summed E-state index contributed by atoms with van der Waals surface area (Å²) in [5, 5.41) is 8.99. The van der Waals surface area contributed by atoms with E-state index in [0.29, 0.717) is 5.03 Å². The van der Waals surface area contributed by atoms with Crippen LogP contribution in [0, 0.1) is 13.0 Å². The molecule has 0 amide bonds. The van der Waals surface area contributed by atoms with Gasteiger partial charge >= 0.3 is 5.97 Å². The minimum absolute atomic E-state index is 0. The number of aliphatic carboxylic acids is 1. The molecular formula is C8H8NO2SY-. The molecule has 0 aliphatic carbocycles. The number of thioether (sulfide) groups is 1. The molecule has 13 heavy (non-hydrogen) atoms. The topological polar surface area (TPSA) is 50.2 Å². The summed E-state index contributed by atoms with van der Waals surface area (Å²) >= 11 is 1.17. The van der Waals surface area contributed by atoms with Crippen LogP contribution in [-0.2, 0) is 37.5 Å². The summed E-state index contributed by atoms with van der Waals surface area (Å²) in [6.07, 6.45) is 1.70. The molecule has 1 aromatic rings. The molecule has 1 rings (SSSR count). The van der Waals surface area contributed by atoms with Crippen LogP contribution in [0.3, 0.4) is 0 Å². The third kappa shape index (κ3) is 5.39. The number of pyridine rings is 1. The van der Waals surface area contributed by atoms with E-state index in [2.05, 4.69) is 11.1 Å². The van der Waals surface area contributed by atoms with Crippen LogP contribution in [0.4, 0.5) is 0 Å². The summed E-state index contributed by atoms with van der Waals surface area (Å²) in [7, 11) is 0. The molecule has 1 aromatic heterocycles. The van der Waals surface area contributed by atoms with Crippen molar-refractivity contribution in [2.24, 2.45) is 0 Å². The van der Waals surface area contributed by atoms with Gasteiger partial charge in [0.1, 0.15) is 0 Å². The van der Waals surface area contributed by atoms with Crippen LogP contribution in [0.1, 0.15) is 5.56 Å². The van der Waals surface area contributed by atoms with E-state index in [0.717, 1.165) is 5.56 Å². The molecule has 0 spiro atoms. The van der Waals surface area contributed by atoms with Gasteiger partial charge in [0.15, 0.2) is 0 Å². The third-order valence-corrected chi connectivity index (χ3v) is 2.03. The van der Waals surface area contributed by atoms with Crippen molar-refractivity contribution in [3.05, 3.63) is 23.9 Å². The summed E-state index contributed by atoms with van der Waals surface area (Å²) in [6, 6.07) is 4.67. The molecule has 67 valence electrons. The molecule has 5 heteroatoms. The molecule has 1 radical (unpaired) electrons. The van der Waals surface area contributed by atoms with E-state index >= 15 is 0 Å². The van der Waals surface area contributed by atoms with Crippen LogP contribution < -0.4 is 0 Å². The van der Waals surface area contributed by atoms with Gasteiger partial charge in [-0.3, -0.25) is 9.78 Å². The third-order valence-electron chi connectivity index (χ3n) is 1.14. The second-order valence-corrected chi connectivity index (χ2v) is 3.24. The number of rotatable bonds is 3. The van der Waals surface area contributed by atoms with Crippen molar-refractivity contribution in [2.75, 3.05) is 5.75 Å². The van der Waals surface area contributed by atoms with Crippen molar-refractivity contribution in [1.29, 1.82) is 0 Å². The van der Waals surface area contributed by atoms with Gasteiger partial charge < -0.3 is 5.11 Å². The molecule has 0 saturated carbocycles. The Morgan fingerprint density at radius 2 is 2.46 bits per heavy atom. The quantitative estimate of drug-likeness (QED) is 0.666. The first-order chi connectivity index (χ1) is 5.68. The second kappa shape index (κ2) is 6.52. The fourth-order valence-corrected chi connectivity index (χ4v) is 1.15. The molecular weight excluding hydrogens is 263 g/mol. The van der Waals surface area contributed by atoms with Gasteiger partial charge in [-0.15, -0.1) is 18.7 Å². The van der Waals surface area contributed by atoms with Crippen LogP contribution in [0.2, 0.25) is 0 Å². The maximum atomic E-state index is 10.2. The van der Waals surface area contributed by atoms with E-state index in [-0.39, 0.29) is 38.5 Å². The maximum absolute atomic E-state index is 10.2. The Balaban J connectivity index is 0.00000144. The largest absolute Gasteiger partial charge is 0.481 e. The Kier molecular flexibility index (Phi) is 6.55. The van der Waals surface area contributed by atoms with Crippen LogP contribution in [0.25, 0.3) is 0 Å². The predicted molar refractivity (Wildman–Crippen MR) is 46.2 cm³/mol. The number of aromatic nitrogens is 1. The Bertz CT molecular complexity index is 276. The molecule has 1 N–H and O–H groups in total. The fraction of sp³-hybridized carbons (Fsp3) is 0.250. The van der Waals surface area contributed by atoms with E-state index in [4.69, 9.17) is 5.11 Å². The molecule has 0 atom stereocenters. The van der Waals surface area contributed by atoms with Crippen molar-refractivity contribution in [3.63, 3.8) is 0 Å². The van der Waals surface area contributed by atoms with Gasteiger partial charge in [-0.05, 0) is 0 Å². The number of hydrogen-bond donors (Lipinski definition) is 1. The van der Waals surface area contributed by atoms with E-state index in [1.807, 2.05) is 6.92 Å². The zero-order valence-electron chi connectivity index (χ0n) is 7.15. The minimum Gasteiger partial charge on any atom is -0.481 e. The normalized spacial score (nSPS) is 9.00. The van der Waals surface area contributed by atoms with E-state index in [9.17, 15) is 4.79 Å². The summed E-state index contributed by atoms with van der Waals surface area (Å²) in [5.74, 6) is -0.803. The molecule has 0 fully saturated rings. The van der Waals surface area contributed by atoms with Crippen LogP contribution in [-0.4, -0.2) is 21.8 Å². The predicted octanol–water partition coefficient (Wildman–Crippen LogP) is 1.36. The number of carboxylic acids is 1. The summed E-state index contributed by atoms with van der Waals surface area (Å²) in [4.78, 5) is 14.2. The van der Waals surface area contributed by atoms with Crippen molar-refractivity contribution >= 4 is 17.7 Å². The number of hydrogen-bond acceptors (Lipinski definition) is 3. The van der Waals surface area contributed by atoms with Gasteiger partial charge in [0.05, 0.1) is 5.75 Å². The molecule has 0 saturated heterocycles. The Hall–Kier alpha value is 0.0739. The SMILES string of the molecule is Cc1c[c-]c(SCC(=O)O)nc1.[Y]. The maximum Gasteiger partial charge on any atom is 0.313 e. The van der Waals surface area contributed by atoms with Crippen molar-refractivity contribution in [1.82, 2.24) is 4.98 Å². The van der Waals surface area contributed by atoms with Crippen LogP contribution >= 0.6 is 11.8 Å². The number of aryl methyl sites for hydroxylation is 1. The smallest absolute Gasteiger partial charge is 0.313 e. The Morgan fingerprint density at radius 1 is 1.77 bits per heavy atom. The molecule has 0 aliphatic rings. The second-order valence-electron chi connectivity index (χ2n) is 2.28. The Morgan fingerprint density at radius 3 is 2.92 bits per heavy atom. The number of carbonyl (C=O) groups is 1. The molecule has 0 bridgehead atoms. The molecule has 3 nitrogen and oxygen atoms in total. The van der Waals surface area contributed by atoms with Crippen molar-refractivity contribution < 1.29 is 42.6 Å². The summed E-state index contributed by atoms with van der Waals surface area (Å²) < 4.78 is 0. The molecule has 1 heterocycles. The average Bonchev–Trinajstić information content (AvgIpc) is 2.03. The van der Waals surface area contributed by atoms with Crippen molar-refractivity contribution in [3.8, 4) is 0 Å². The van der Waals surface area contributed by atoms with E-state index in [1.54, 1.807) is 12.3 Å². The van der Waals surface area contributed by atoms with Gasteiger partial charge in [0.2, 0.25) is 0 Å². The number of carboxylic acid groups (broad SMARTS) is 1. The first-order valence-electron chi connectivity index (χ1n) is 3.37. The minimum atomic E-state index is -0.837. The summed E-state index contributed by atoms with van der Waals surface area (Å²) in [6.45, 7) is 1.91. The van der Waals surface area contributed by atoms with Gasteiger partial charge in [0, 0.05) is 37.7 Å². The van der Waals surface area contributed by atoms with Crippen LogP contribution in [0.5, 0.6) is 0 Å². The zero-order valence-corrected chi connectivity index (χ0v) is 10.8. The molecule has 0 aliphatic heterocycles. The fourth-order valence-electron chi connectivity index (χ4n) is 0.620. The Labute approximate surface area is 106 Å².